The molecule has 102 valence electrons. The van der Waals surface area contributed by atoms with E-state index >= 15 is 0 Å². The fraction of sp³-hybridized carbons (Fsp3) is 0.429. The number of carbonyl (C=O) groups is 2. The van der Waals surface area contributed by atoms with Crippen LogP contribution in [0.2, 0.25) is 0 Å². The van der Waals surface area contributed by atoms with E-state index in [2.05, 4.69) is 0 Å². The summed E-state index contributed by atoms with van der Waals surface area (Å²) in [7, 11) is 0. The summed E-state index contributed by atoms with van der Waals surface area (Å²) in [4.78, 5) is 25.0. The summed E-state index contributed by atoms with van der Waals surface area (Å²) < 4.78 is 13.0. The van der Waals surface area contributed by atoms with Crippen molar-refractivity contribution in [3.63, 3.8) is 0 Å². The molecule has 0 spiro atoms. The molecule has 0 atom stereocenters. The molecule has 0 bridgehead atoms. The van der Waals surface area contributed by atoms with E-state index in [1.165, 1.54) is 18.2 Å². The molecule has 0 radical (unpaired) electrons. The summed E-state index contributed by atoms with van der Waals surface area (Å²) in [5.41, 5.74) is 5.64. The largest absolute Gasteiger partial charge is 0.369 e. The lowest BCUT2D eigenvalue weighted by atomic mass is 9.96. The molecular formula is C14H17FN2O2. The topological polar surface area (TPSA) is 63.4 Å². The van der Waals surface area contributed by atoms with Crippen LogP contribution in [0.1, 0.15) is 23.2 Å². The number of hydrogen-bond acceptors (Lipinski definition) is 3. The van der Waals surface area contributed by atoms with E-state index in [9.17, 15) is 14.0 Å². The molecule has 1 aromatic rings. The third-order valence-corrected chi connectivity index (χ3v) is 3.50. The first-order chi connectivity index (χ1) is 9.06. The van der Waals surface area contributed by atoms with E-state index in [1.807, 2.05) is 4.90 Å². The highest BCUT2D eigenvalue weighted by molar-refractivity contribution is 5.97. The number of carbonyl (C=O) groups excluding carboxylic acids is 2. The summed E-state index contributed by atoms with van der Waals surface area (Å²) in [5.74, 6) is -0.855. The zero-order valence-corrected chi connectivity index (χ0v) is 10.6. The first-order valence-corrected chi connectivity index (χ1v) is 6.36. The Kier molecular flexibility index (Phi) is 4.27. The van der Waals surface area contributed by atoms with Crippen molar-refractivity contribution in [2.75, 3.05) is 19.6 Å². The molecule has 1 aliphatic rings. The van der Waals surface area contributed by atoms with Crippen molar-refractivity contribution in [1.29, 1.82) is 0 Å². The van der Waals surface area contributed by atoms with Gasteiger partial charge < -0.3 is 5.73 Å². The van der Waals surface area contributed by atoms with E-state index in [-0.39, 0.29) is 24.2 Å². The van der Waals surface area contributed by atoms with Gasteiger partial charge >= 0.3 is 0 Å². The lowest BCUT2D eigenvalue weighted by Gasteiger charge is -2.29. The van der Waals surface area contributed by atoms with E-state index in [0.29, 0.717) is 31.5 Å². The van der Waals surface area contributed by atoms with Gasteiger partial charge in [0.25, 0.3) is 0 Å². The summed E-state index contributed by atoms with van der Waals surface area (Å²) in [5, 5.41) is 0. The molecule has 1 amide bonds. The number of nitrogens with zero attached hydrogens (tertiary/aromatic N) is 1. The number of piperidine rings is 1. The van der Waals surface area contributed by atoms with Gasteiger partial charge in [-0.1, -0.05) is 12.1 Å². The van der Waals surface area contributed by atoms with Crippen LogP contribution in [0.4, 0.5) is 4.39 Å². The molecule has 0 unspecified atom stereocenters. The van der Waals surface area contributed by atoms with Gasteiger partial charge in [-0.2, -0.15) is 0 Å². The first-order valence-electron chi connectivity index (χ1n) is 6.36. The molecule has 19 heavy (non-hydrogen) atoms. The lowest BCUT2D eigenvalue weighted by Crippen LogP contribution is -2.40. The maximum absolute atomic E-state index is 13.0. The quantitative estimate of drug-likeness (QED) is 0.831. The minimum Gasteiger partial charge on any atom is -0.369 e. The van der Waals surface area contributed by atoms with Crippen LogP contribution >= 0.6 is 0 Å². The Morgan fingerprint density at radius 1 is 1.32 bits per heavy atom. The van der Waals surface area contributed by atoms with Crippen LogP contribution in [-0.4, -0.2) is 36.2 Å². The van der Waals surface area contributed by atoms with Crippen LogP contribution in [0.15, 0.2) is 24.3 Å². The lowest BCUT2D eigenvalue weighted by molar-refractivity contribution is -0.123. The van der Waals surface area contributed by atoms with Gasteiger partial charge in [0.05, 0.1) is 6.54 Å². The maximum atomic E-state index is 13.0. The fourth-order valence-electron chi connectivity index (χ4n) is 2.33. The van der Waals surface area contributed by atoms with Gasteiger partial charge in [0.15, 0.2) is 5.78 Å². The van der Waals surface area contributed by atoms with Gasteiger partial charge in [0.1, 0.15) is 5.82 Å². The average Bonchev–Trinajstić information content (AvgIpc) is 2.39. The van der Waals surface area contributed by atoms with Gasteiger partial charge in [0.2, 0.25) is 5.91 Å². The van der Waals surface area contributed by atoms with Crippen LogP contribution in [0, 0.1) is 11.7 Å². The second kappa shape index (κ2) is 5.93. The minimum atomic E-state index is -0.404. The standard InChI is InChI=1S/C14H17FN2O2/c15-12-3-1-2-11(8-12)13(18)9-17-6-4-10(5-7-17)14(16)19/h1-3,8,10H,4-7,9H2,(H2,16,19). The van der Waals surface area contributed by atoms with E-state index < -0.39 is 5.82 Å². The minimum absolute atomic E-state index is 0.0829. The van der Waals surface area contributed by atoms with Gasteiger partial charge in [-0.25, -0.2) is 4.39 Å². The van der Waals surface area contributed by atoms with E-state index in [1.54, 1.807) is 6.07 Å². The Hall–Kier alpha value is -1.75. The van der Waals surface area contributed by atoms with Gasteiger partial charge in [-0.05, 0) is 38.1 Å². The monoisotopic (exact) mass is 264 g/mol. The van der Waals surface area contributed by atoms with Gasteiger partial charge in [-0.15, -0.1) is 0 Å². The number of primary amides is 1. The Morgan fingerprint density at radius 3 is 2.58 bits per heavy atom. The van der Waals surface area contributed by atoms with Crippen LogP contribution in [0.3, 0.4) is 0 Å². The molecule has 0 saturated carbocycles. The second-order valence-electron chi connectivity index (χ2n) is 4.89. The highest BCUT2D eigenvalue weighted by Crippen LogP contribution is 2.17. The number of amides is 1. The maximum Gasteiger partial charge on any atom is 0.220 e. The number of likely N-dealkylation sites (tertiary alicyclic amines) is 1. The zero-order chi connectivity index (χ0) is 13.8. The number of Topliss-reactive ketones (excluding diaryl/α,β-unsaturated/α-hetero) is 1. The number of rotatable bonds is 4. The van der Waals surface area contributed by atoms with E-state index in [0.717, 1.165) is 0 Å². The summed E-state index contributed by atoms with van der Waals surface area (Å²) in [6.07, 6.45) is 1.37. The molecule has 1 aliphatic heterocycles. The molecule has 2 N–H and O–H groups in total. The van der Waals surface area contributed by atoms with Crippen molar-refractivity contribution in [3.8, 4) is 0 Å². The van der Waals surface area contributed by atoms with Crippen LogP contribution in [0.25, 0.3) is 0 Å². The summed E-state index contributed by atoms with van der Waals surface area (Å²) in [6.45, 7) is 1.61. The number of nitrogens with two attached hydrogens (primary N) is 1. The molecule has 0 aliphatic carbocycles. The number of ketones is 1. The second-order valence-corrected chi connectivity index (χ2v) is 4.89. The molecule has 1 saturated heterocycles. The van der Waals surface area contributed by atoms with Crippen LogP contribution in [0.5, 0.6) is 0 Å². The van der Waals surface area contributed by atoms with E-state index in [4.69, 9.17) is 5.73 Å². The van der Waals surface area contributed by atoms with Crippen molar-refractivity contribution < 1.29 is 14.0 Å². The summed E-state index contributed by atoms with van der Waals surface area (Å²) >= 11 is 0. The number of benzene rings is 1. The third-order valence-electron chi connectivity index (χ3n) is 3.50. The normalized spacial score (nSPS) is 17.3. The number of hydrogen-bond donors (Lipinski definition) is 1. The molecule has 2 rings (SSSR count). The Bertz CT molecular complexity index is 482. The highest BCUT2D eigenvalue weighted by Gasteiger charge is 2.24. The van der Waals surface area contributed by atoms with Crippen LogP contribution in [-0.2, 0) is 4.79 Å². The molecule has 5 heteroatoms. The van der Waals surface area contributed by atoms with Crippen LogP contribution < -0.4 is 5.73 Å². The highest BCUT2D eigenvalue weighted by atomic mass is 19.1. The molecule has 4 nitrogen and oxygen atoms in total. The Morgan fingerprint density at radius 2 is 2.00 bits per heavy atom. The molecule has 1 fully saturated rings. The molecule has 1 aromatic carbocycles. The van der Waals surface area contributed by atoms with Crippen molar-refractivity contribution in [2.24, 2.45) is 11.7 Å². The smallest absolute Gasteiger partial charge is 0.220 e. The Labute approximate surface area is 111 Å². The summed E-state index contributed by atoms with van der Waals surface area (Å²) in [6, 6.07) is 5.71. The Balaban J connectivity index is 1.89. The van der Waals surface area contributed by atoms with Crippen molar-refractivity contribution in [1.82, 2.24) is 4.90 Å². The SMILES string of the molecule is NC(=O)C1CCN(CC(=O)c2cccc(F)c2)CC1. The number of halogens is 1. The fourth-order valence-corrected chi connectivity index (χ4v) is 2.33. The molecular weight excluding hydrogens is 247 g/mol. The van der Waals surface area contributed by atoms with Crippen molar-refractivity contribution in [2.45, 2.75) is 12.8 Å². The first kappa shape index (κ1) is 13.7. The van der Waals surface area contributed by atoms with Crippen molar-refractivity contribution >= 4 is 11.7 Å². The molecule has 0 aromatic heterocycles. The average molecular weight is 264 g/mol. The van der Waals surface area contributed by atoms with Gasteiger partial charge in [-0.3, -0.25) is 14.5 Å². The predicted octanol–water partition coefficient (Wildman–Crippen LogP) is 1.21. The van der Waals surface area contributed by atoms with Gasteiger partial charge in [0, 0.05) is 11.5 Å². The predicted molar refractivity (Wildman–Crippen MR) is 69.1 cm³/mol. The third kappa shape index (κ3) is 3.61. The molecule has 1 heterocycles. The van der Waals surface area contributed by atoms with Crippen molar-refractivity contribution in [3.05, 3.63) is 35.6 Å². The zero-order valence-electron chi connectivity index (χ0n) is 10.6.